The van der Waals surface area contributed by atoms with Crippen molar-refractivity contribution in [2.75, 3.05) is 18.0 Å². The molecule has 1 atom stereocenters. The maximum Gasteiger partial charge on any atom is 0.225 e. The molecule has 1 aliphatic rings. The van der Waals surface area contributed by atoms with Gasteiger partial charge in [-0.05, 0) is 25.8 Å². The molecule has 0 radical (unpaired) electrons. The zero-order valence-corrected chi connectivity index (χ0v) is 10.5. The summed E-state index contributed by atoms with van der Waals surface area (Å²) in [4.78, 5) is 18.7. The Hall–Kier alpha value is -1.91. The third kappa shape index (κ3) is 2.20. The summed E-state index contributed by atoms with van der Waals surface area (Å²) < 4.78 is 0. The Morgan fingerprint density at radius 1 is 1.28 bits per heavy atom. The predicted octanol–water partition coefficient (Wildman–Crippen LogP) is 1.89. The lowest BCUT2D eigenvalue weighted by molar-refractivity contribution is 0.488. The minimum Gasteiger partial charge on any atom is -0.346 e. The second-order valence-corrected chi connectivity index (χ2v) is 4.79. The highest BCUT2D eigenvalue weighted by Crippen LogP contribution is 2.26. The standard InChI is InChI=1S/C13H17N5/c1-10-8-16-12(17-10)11-4-2-7-18(9-11)13-14-5-3-6-15-13/h3,5-6,8,11H,2,4,7,9H2,1H3,(H,16,17)/t11-/m0/s1. The normalized spacial score (nSPS) is 20.1. The van der Waals surface area contributed by atoms with Crippen molar-refractivity contribution in [1.82, 2.24) is 19.9 Å². The zero-order chi connectivity index (χ0) is 12.4. The van der Waals surface area contributed by atoms with E-state index in [0.29, 0.717) is 5.92 Å². The van der Waals surface area contributed by atoms with Crippen LogP contribution in [-0.2, 0) is 0 Å². The van der Waals surface area contributed by atoms with Crippen molar-refractivity contribution >= 4 is 5.95 Å². The van der Waals surface area contributed by atoms with E-state index in [1.165, 1.54) is 6.42 Å². The van der Waals surface area contributed by atoms with Gasteiger partial charge in [-0.15, -0.1) is 0 Å². The lowest BCUT2D eigenvalue weighted by Gasteiger charge is -2.31. The largest absolute Gasteiger partial charge is 0.346 e. The second kappa shape index (κ2) is 4.76. The number of aromatic nitrogens is 4. The van der Waals surface area contributed by atoms with Crippen molar-refractivity contribution in [3.05, 3.63) is 36.2 Å². The summed E-state index contributed by atoms with van der Waals surface area (Å²) >= 11 is 0. The van der Waals surface area contributed by atoms with Crippen molar-refractivity contribution in [1.29, 1.82) is 0 Å². The molecule has 0 spiro atoms. The molecule has 0 bridgehead atoms. The molecular formula is C13H17N5. The van der Waals surface area contributed by atoms with E-state index in [1.807, 2.05) is 19.2 Å². The van der Waals surface area contributed by atoms with E-state index in [0.717, 1.165) is 37.0 Å². The monoisotopic (exact) mass is 243 g/mol. The van der Waals surface area contributed by atoms with Crippen molar-refractivity contribution in [3.8, 4) is 0 Å². The first-order valence-electron chi connectivity index (χ1n) is 6.36. The van der Waals surface area contributed by atoms with Crippen molar-refractivity contribution in [3.63, 3.8) is 0 Å². The molecule has 0 unspecified atom stereocenters. The number of hydrogen-bond acceptors (Lipinski definition) is 4. The number of rotatable bonds is 2. The van der Waals surface area contributed by atoms with Gasteiger partial charge in [0.15, 0.2) is 0 Å². The number of piperidine rings is 1. The van der Waals surface area contributed by atoms with Crippen molar-refractivity contribution in [2.24, 2.45) is 0 Å². The third-order valence-corrected chi connectivity index (χ3v) is 3.37. The van der Waals surface area contributed by atoms with Gasteiger partial charge in [0.05, 0.1) is 0 Å². The SMILES string of the molecule is Cc1cnc([C@H]2CCCN(c3ncccn3)C2)[nH]1. The molecule has 5 heteroatoms. The van der Waals surface area contributed by atoms with Crippen LogP contribution in [0.15, 0.2) is 24.7 Å². The van der Waals surface area contributed by atoms with Crippen LogP contribution in [0.1, 0.15) is 30.3 Å². The van der Waals surface area contributed by atoms with Crippen LogP contribution in [0, 0.1) is 6.92 Å². The molecule has 1 fully saturated rings. The lowest BCUT2D eigenvalue weighted by atomic mass is 9.98. The molecule has 2 aromatic heterocycles. The summed E-state index contributed by atoms with van der Waals surface area (Å²) in [5.74, 6) is 2.37. The summed E-state index contributed by atoms with van der Waals surface area (Å²) in [6.45, 7) is 4.01. The molecule has 0 saturated carbocycles. The van der Waals surface area contributed by atoms with Gasteiger partial charge in [0.1, 0.15) is 5.82 Å². The number of imidazole rings is 1. The Kier molecular flexibility index (Phi) is 2.96. The van der Waals surface area contributed by atoms with Gasteiger partial charge in [0, 0.05) is 43.3 Å². The van der Waals surface area contributed by atoms with Crippen molar-refractivity contribution in [2.45, 2.75) is 25.7 Å². The third-order valence-electron chi connectivity index (χ3n) is 3.37. The molecule has 3 heterocycles. The topological polar surface area (TPSA) is 57.7 Å². The quantitative estimate of drug-likeness (QED) is 0.875. The lowest BCUT2D eigenvalue weighted by Crippen LogP contribution is -2.35. The summed E-state index contributed by atoms with van der Waals surface area (Å²) in [5.41, 5.74) is 1.12. The minimum absolute atomic E-state index is 0.455. The zero-order valence-electron chi connectivity index (χ0n) is 10.5. The van der Waals surface area contributed by atoms with E-state index in [2.05, 4.69) is 24.8 Å². The molecule has 3 rings (SSSR count). The number of nitrogens with one attached hydrogen (secondary N) is 1. The number of hydrogen-bond donors (Lipinski definition) is 1. The number of aromatic amines is 1. The molecule has 18 heavy (non-hydrogen) atoms. The number of anilines is 1. The summed E-state index contributed by atoms with van der Waals surface area (Å²) in [7, 11) is 0. The van der Waals surface area contributed by atoms with Crippen LogP contribution in [-0.4, -0.2) is 33.0 Å². The van der Waals surface area contributed by atoms with Gasteiger partial charge < -0.3 is 9.88 Å². The average molecular weight is 243 g/mol. The molecule has 0 aromatic carbocycles. The van der Waals surface area contributed by atoms with Gasteiger partial charge in [-0.3, -0.25) is 0 Å². The van der Waals surface area contributed by atoms with E-state index in [4.69, 9.17) is 0 Å². The maximum absolute atomic E-state index is 4.44. The number of H-pyrrole nitrogens is 1. The van der Waals surface area contributed by atoms with Crippen LogP contribution in [0.3, 0.4) is 0 Å². The van der Waals surface area contributed by atoms with Crippen LogP contribution in [0.5, 0.6) is 0 Å². The Morgan fingerprint density at radius 2 is 2.11 bits per heavy atom. The molecule has 1 aliphatic heterocycles. The molecule has 94 valence electrons. The molecule has 2 aromatic rings. The van der Waals surface area contributed by atoms with E-state index in [1.54, 1.807) is 12.4 Å². The van der Waals surface area contributed by atoms with Crippen molar-refractivity contribution < 1.29 is 0 Å². The molecule has 5 nitrogen and oxygen atoms in total. The predicted molar refractivity (Wildman–Crippen MR) is 69.5 cm³/mol. The Morgan fingerprint density at radius 3 is 2.83 bits per heavy atom. The van der Waals surface area contributed by atoms with Crippen LogP contribution in [0.2, 0.25) is 0 Å². The van der Waals surface area contributed by atoms with Crippen LogP contribution in [0.4, 0.5) is 5.95 Å². The van der Waals surface area contributed by atoms with Gasteiger partial charge in [0.25, 0.3) is 0 Å². The summed E-state index contributed by atoms with van der Waals surface area (Å²) in [6.07, 6.45) is 7.82. The molecule has 1 N–H and O–H groups in total. The van der Waals surface area contributed by atoms with Gasteiger partial charge in [0.2, 0.25) is 5.95 Å². The number of aryl methyl sites for hydroxylation is 1. The Labute approximate surface area is 106 Å². The first-order chi connectivity index (χ1) is 8.83. The van der Waals surface area contributed by atoms with Crippen LogP contribution in [0.25, 0.3) is 0 Å². The molecule has 0 amide bonds. The van der Waals surface area contributed by atoms with Gasteiger partial charge in [-0.1, -0.05) is 0 Å². The molecule has 0 aliphatic carbocycles. The second-order valence-electron chi connectivity index (χ2n) is 4.79. The van der Waals surface area contributed by atoms with E-state index in [-0.39, 0.29) is 0 Å². The highest BCUT2D eigenvalue weighted by molar-refractivity contribution is 5.30. The fraction of sp³-hybridized carbons (Fsp3) is 0.462. The maximum atomic E-state index is 4.44. The van der Waals surface area contributed by atoms with Gasteiger partial charge >= 0.3 is 0 Å². The average Bonchev–Trinajstić information content (AvgIpc) is 2.87. The fourth-order valence-electron chi connectivity index (χ4n) is 2.48. The van der Waals surface area contributed by atoms with Gasteiger partial charge in [-0.2, -0.15) is 0 Å². The van der Waals surface area contributed by atoms with E-state index in [9.17, 15) is 0 Å². The van der Waals surface area contributed by atoms with Gasteiger partial charge in [-0.25, -0.2) is 15.0 Å². The highest BCUT2D eigenvalue weighted by Gasteiger charge is 2.24. The fourth-order valence-corrected chi connectivity index (χ4v) is 2.48. The first-order valence-corrected chi connectivity index (χ1v) is 6.36. The molecular weight excluding hydrogens is 226 g/mol. The first kappa shape index (κ1) is 11.2. The van der Waals surface area contributed by atoms with Crippen LogP contribution >= 0.6 is 0 Å². The minimum atomic E-state index is 0.455. The van der Waals surface area contributed by atoms with Crippen LogP contribution < -0.4 is 4.90 Å². The Balaban J connectivity index is 1.76. The summed E-state index contributed by atoms with van der Waals surface area (Å²) in [5, 5.41) is 0. The molecule has 1 saturated heterocycles. The van der Waals surface area contributed by atoms with E-state index >= 15 is 0 Å². The highest BCUT2D eigenvalue weighted by atomic mass is 15.3. The van der Waals surface area contributed by atoms with E-state index < -0.39 is 0 Å². The summed E-state index contributed by atoms with van der Waals surface area (Å²) in [6, 6.07) is 1.85. The smallest absolute Gasteiger partial charge is 0.225 e. The number of nitrogens with zero attached hydrogens (tertiary/aromatic N) is 4. The Bertz CT molecular complexity index is 507.